The first-order valence-corrected chi connectivity index (χ1v) is 6.10. The maximum Gasteiger partial charge on any atom is 0.309 e. The van der Waals surface area contributed by atoms with Crippen molar-refractivity contribution in [1.82, 2.24) is 0 Å². The molecule has 0 aliphatic rings. The Morgan fingerprint density at radius 3 is 2.25 bits per heavy atom. The van der Waals surface area contributed by atoms with Gasteiger partial charge in [-0.15, -0.1) is 0 Å². The van der Waals surface area contributed by atoms with Crippen molar-refractivity contribution >= 4 is 5.97 Å². The van der Waals surface area contributed by atoms with Gasteiger partial charge in [-0.25, -0.2) is 0 Å². The number of carbonyl (C=O) groups excluding carboxylic acids is 1. The van der Waals surface area contributed by atoms with Crippen molar-refractivity contribution in [1.29, 1.82) is 0 Å². The summed E-state index contributed by atoms with van der Waals surface area (Å²) < 4.78 is 10.8. The Kier molecular flexibility index (Phi) is 6.65. The average Bonchev–Trinajstić information content (AvgIpc) is 2.15. The summed E-state index contributed by atoms with van der Waals surface area (Å²) in [5.74, 6) is 0.151. The van der Waals surface area contributed by atoms with E-state index in [1.165, 1.54) is 0 Å². The van der Waals surface area contributed by atoms with Crippen LogP contribution in [0.15, 0.2) is 0 Å². The average molecular weight is 230 g/mol. The maximum atomic E-state index is 11.8. The van der Waals surface area contributed by atoms with Gasteiger partial charge in [0.25, 0.3) is 0 Å². The number of rotatable bonds is 7. The van der Waals surface area contributed by atoms with Gasteiger partial charge in [-0.2, -0.15) is 0 Å². The van der Waals surface area contributed by atoms with Crippen LogP contribution in [0.4, 0.5) is 0 Å². The molecule has 0 fully saturated rings. The molecule has 1 unspecified atom stereocenters. The van der Waals surface area contributed by atoms with Gasteiger partial charge in [0.1, 0.15) is 5.60 Å². The molecule has 0 aromatic rings. The summed E-state index contributed by atoms with van der Waals surface area (Å²) in [5, 5.41) is 0. The highest BCUT2D eigenvalue weighted by molar-refractivity contribution is 5.72. The van der Waals surface area contributed by atoms with Gasteiger partial charge in [-0.05, 0) is 26.7 Å². The van der Waals surface area contributed by atoms with Gasteiger partial charge in [0.2, 0.25) is 0 Å². The summed E-state index contributed by atoms with van der Waals surface area (Å²) in [4.78, 5) is 11.8. The monoisotopic (exact) mass is 230 g/mol. The third-order valence-electron chi connectivity index (χ3n) is 2.80. The molecule has 0 bridgehead atoms. The fourth-order valence-corrected chi connectivity index (χ4v) is 1.15. The van der Waals surface area contributed by atoms with E-state index in [9.17, 15) is 4.79 Å². The van der Waals surface area contributed by atoms with E-state index in [1.54, 1.807) is 0 Å². The van der Waals surface area contributed by atoms with Gasteiger partial charge >= 0.3 is 5.97 Å². The third-order valence-corrected chi connectivity index (χ3v) is 2.80. The Morgan fingerprint density at radius 1 is 1.25 bits per heavy atom. The highest BCUT2D eigenvalue weighted by Gasteiger charge is 2.27. The molecule has 0 saturated heterocycles. The molecule has 0 aliphatic heterocycles. The largest absolute Gasteiger partial charge is 0.459 e. The Balaban J connectivity index is 4.09. The second-order valence-corrected chi connectivity index (χ2v) is 5.16. The fraction of sp³-hybridized carbons (Fsp3) is 0.923. The first kappa shape index (κ1) is 15.4. The van der Waals surface area contributed by atoms with Crippen molar-refractivity contribution in [3.63, 3.8) is 0 Å². The molecule has 16 heavy (non-hydrogen) atoms. The number of hydrogen-bond donors (Lipinski definition) is 0. The van der Waals surface area contributed by atoms with Crippen LogP contribution in [0, 0.1) is 11.8 Å². The van der Waals surface area contributed by atoms with E-state index in [-0.39, 0.29) is 11.9 Å². The Morgan fingerprint density at radius 2 is 1.81 bits per heavy atom. The van der Waals surface area contributed by atoms with Crippen LogP contribution < -0.4 is 0 Å². The van der Waals surface area contributed by atoms with Crippen LogP contribution in [0.25, 0.3) is 0 Å². The Labute approximate surface area is 99.5 Å². The minimum absolute atomic E-state index is 0.0497. The normalized spacial score (nSPS) is 13.9. The molecule has 0 radical (unpaired) electrons. The molecular weight excluding hydrogens is 204 g/mol. The zero-order valence-electron chi connectivity index (χ0n) is 11.5. The van der Waals surface area contributed by atoms with Gasteiger partial charge in [0, 0.05) is 13.0 Å². The quantitative estimate of drug-likeness (QED) is 0.498. The van der Waals surface area contributed by atoms with Crippen LogP contribution in [0.1, 0.15) is 48.0 Å². The van der Waals surface area contributed by atoms with Crippen molar-refractivity contribution in [3.8, 4) is 0 Å². The van der Waals surface area contributed by atoms with Crippen molar-refractivity contribution in [2.24, 2.45) is 11.8 Å². The summed E-state index contributed by atoms with van der Waals surface area (Å²) in [6, 6.07) is 0. The van der Waals surface area contributed by atoms with Crippen LogP contribution >= 0.6 is 0 Å². The number of esters is 1. The summed E-state index contributed by atoms with van der Waals surface area (Å²) in [6.07, 6.45) is 0.734. The van der Waals surface area contributed by atoms with Crippen molar-refractivity contribution in [2.75, 3.05) is 13.2 Å². The predicted octanol–water partition coefficient (Wildman–Crippen LogP) is 3.03. The first-order valence-electron chi connectivity index (χ1n) is 6.10. The van der Waals surface area contributed by atoms with E-state index in [0.29, 0.717) is 19.1 Å². The second-order valence-electron chi connectivity index (χ2n) is 5.16. The van der Waals surface area contributed by atoms with Gasteiger partial charge in [-0.1, -0.05) is 20.8 Å². The molecule has 0 aromatic heterocycles. The predicted molar refractivity (Wildman–Crippen MR) is 65.3 cm³/mol. The van der Waals surface area contributed by atoms with Gasteiger partial charge in [0.15, 0.2) is 0 Å². The molecule has 3 heteroatoms. The topological polar surface area (TPSA) is 35.5 Å². The smallest absolute Gasteiger partial charge is 0.309 e. The molecule has 0 aromatic carbocycles. The van der Waals surface area contributed by atoms with E-state index in [2.05, 4.69) is 0 Å². The summed E-state index contributed by atoms with van der Waals surface area (Å²) >= 11 is 0. The molecular formula is C13H26O3. The van der Waals surface area contributed by atoms with Gasteiger partial charge < -0.3 is 9.47 Å². The summed E-state index contributed by atoms with van der Waals surface area (Å²) in [6.45, 7) is 13.1. The van der Waals surface area contributed by atoms with Gasteiger partial charge in [0.05, 0.1) is 12.5 Å². The maximum absolute atomic E-state index is 11.8. The fourth-order valence-electron chi connectivity index (χ4n) is 1.15. The van der Waals surface area contributed by atoms with Gasteiger partial charge in [-0.3, -0.25) is 4.79 Å². The van der Waals surface area contributed by atoms with Crippen LogP contribution in [0.3, 0.4) is 0 Å². The van der Waals surface area contributed by atoms with Crippen LogP contribution in [-0.2, 0) is 14.3 Å². The van der Waals surface area contributed by atoms with Crippen LogP contribution in [-0.4, -0.2) is 24.8 Å². The minimum Gasteiger partial charge on any atom is -0.459 e. The van der Waals surface area contributed by atoms with Crippen molar-refractivity contribution in [2.45, 2.75) is 53.6 Å². The molecule has 0 spiro atoms. The van der Waals surface area contributed by atoms with E-state index >= 15 is 0 Å². The molecule has 0 N–H and O–H groups in total. The lowest BCUT2D eigenvalue weighted by atomic mass is 9.97. The Hall–Kier alpha value is -0.570. The second kappa shape index (κ2) is 6.89. The standard InChI is InChI=1S/C13H26O3/c1-7-15-9-8-13(5,6)16-12(14)11(4)10(2)3/h10-11H,7-9H2,1-6H3. The van der Waals surface area contributed by atoms with Crippen molar-refractivity contribution in [3.05, 3.63) is 0 Å². The van der Waals surface area contributed by atoms with Crippen molar-refractivity contribution < 1.29 is 14.3 Å². The van der Waals surface area contributed by atoms with E-state index in [0.717, 1.165) is 6.42 Å². The molecule has 96 valence electrons. The van der Waals surface area contributed by atoms with E-state index in [1.807, 2.05) is 41.5 Å². The lowest BCUT2D eigenvalue weighted by molar-refractivity contribution is -0.164. The zero-order chi connectivity index (χ0) is 12.8. The SMILES string of the molecule is CCOCCC(C)(C)OC(=O)C(C)C(C)C. The van der Waals surface area contributed by atoms with E-state index in [4.69, 9.17) is 9.47 Å². The highest BCUT2D eigenvalue weighted by Crippen LogP contribution is 2.20. The van der Waals surface area contributed by atoms with E-state index < -0.39 is 5.60 Å². The molecule has 0 aliphatic carbocycles. The summed E-state index contributed by atoms with van der Waals surface area (Å²) in [5.41, 5.74) is -0.435. The molecule has 1 atom stereocenters. The molecule has 0 amide bonds. The molecule has 0 rings (SSSR count). The lowest BCUT2D eigenvalue weighted by Gasteiger charge is -2.27. The number of hydrogen-bond acceptors (Lipinski definition) is 3. The molecule has 3 nitrogen and oxygen atoms in total. The third kappa shape index (κ3) is 6.11. The zero-order valence-corrected chi connectivity index (χ0v) is 11.5. The number of carbonyl (C=O) groups is 1. The molecule has 0 saturated carbocycles. The van der Waals surface area contributed by atoms with Crippen LogP contribution in [0.2, 0.25) is 0 Å². The van der Waals surface area contributed by atoms with Crippen LogP contribution in [0.5, 0.6) is 0 Å². The minimum atomic E-state index is -0.435. The molecule has 0 heterocycles. The highest BCUT2D eigenvalue weighted by atomic mass is 16.6. The first-order chi connectivity index (χ1) is 7.30. The lowest BCUT2D eigenvalue weighted by Crippen LogP contribution is -2.33. The summed E-state index contributed by atoms with van der Waals surface area (Å²) in [7, 11) is 0. The number of ether oxygens (including phenoxy) is 2. The Bertz CT molecular complexity index is 209.